The Hall–Kier alpha value is -1.60. The zero-order valence-electron chi connectivity index (χ0n) is 12.6. The summed E-state index contributed by atoms with van der Waals surface area (Å²) in [6.07, 6.45) is 0.226. The number of ether oxygens (including phenoxy) is 1. The van der Waals surface area contributed by atoms with Gasteiger partial charge in [-0.3, -0.25) is 4.79 Å². The first-order chi connectivity index (χ1) is 9.67. The van der Waals surface area contributed by atoms with E-state index in [2.05, 4.69) is 4.72 Å². The van der Waals surface area contributed by atoms with Crippen LogP contribution in [-0.4, -0.2) is 32.6 Å². The summed E-state index contributed by atoms with van der Waals surface area (Å²) in [7, 11) is -2.39. The smallest absolute Gasteiger partial charge is 0.321 e. The molecule has 6 nitrogen and oxygen atoms in total. The maximum absolute atomic E-state index is 12.3. The Morgan fingerprint density at radius 1 is 1.38 bits per heavy atom. The van der Waals surface area contributed by atoms with Crippen molar-refractivity contribution in [3.63, 3.8) is 0 Å². The number of nitrogens with one attached hydrogen (secondary N) is 1. The molecule has 0 fully saturated rings. The molecule has 0 aliphatic carbocycles. The van der Waals surface area contributed by atoms with Crippen molar-refractivity contribution in [2.24, 2.45) is 5.92 Å². The molecule has 0 bridgehead atoms. The van der Waals surface area contributed by atoms with Crippen LogP contribution in [0.4, 0.5) is 0 Å². The first-order valence-corrected chi connectivity index (χ1v) is 8.05. The van der Waals surface area contributed by atoms with Gasteiger partial charge >= 0.3 is 5.97 Å². The molecule has 0 saturated carbocycles. The minimum Gasteiger partial charge on any atom is -0.496 e. The highest BCUT2D eigenvalue weighted by molar-refractivity contribution is 7.89. The minimum atomic E-state index is -3.88. The van der Waals surface area contributed by atoms with Crippen molar-refractivity contribution in [3.8, 4) is 5.75 Å². The first kappa shape index (κ1) is 17.5. The van der Waals surface area contributed by atoms with Crippen molar-refractivity contribution in [1.82, 2.24) is 4.72 Å². The van der Waals surface area contributed by atoms with Crippen LogP contribution in [0.25, 0.3) is 0 Å². The van der Waals surface area contributed by atoms with E-state index in [0.717, 1.165) is 0 Å². The summed E-state index contributed by atoms with van der Waals surface area (Å²) in [5.41, 5.74) is 0.663. The molecule has 0 aliphatic heterocycles. The monoisotopic (exact) mass is 315 g/mol. The summed E-state index contributed by atoms with van der Waals surface area (Å²) in [6.45, 7) is 5.39. The van der Waals surface area contributed by atoms with Gasteiger partial charge in [0.2, 0.25) is 10.0 Å². The summed E-state index contributed by atoms with van der Waals surface area (Å²) in [5, 5.41) is 9.12. The summed E-state index contributed by atoms with van der Waals surface area (Å²) < 4.78 is 31.8. The van der Waals surface area contributed by atoms with E-state index in [1.165, 1.54) is 19.2 Å². The van der Waals surface area contributed by atoms with E-state index >= 15 is 0 Å². The number of hydrogen-bond donors (Lipinski definition) is 2. The minimum absolute atomic E-state index is 0.0239. The van der Waals surface area contributed by atoms with Crippen molar-refractivity contribution in [2.75, 3.05) is 7.11 Å². The third kappa shape index (κ3) is 4.71. The van der Waals surface area contributed by atoms with Gasteiger partial charge in [0.05, 0.1) is 12.0 Å². The summed E-state index contributed by atoms with van der Waals surface area (Å²) in [5.74, 6) is -0.546. The highest BCUT2D eigenvalue weighted by Gasteiger charge is 2.26. The van der Waals surface area contributed by atoms with E-state index in [0.29, 0.717) is 11.3 Å². The number of aryl methyl sites for hydroxylation is 1. The van der Waals surface area contributed by atoms with Gasteiger partial charge in [0.1, 0.15) is 11.8 Å². The maximum Gasteiger partial charge on any atom is 0.321 e. The van der Waals surface area contributed by atoms with Crippen molar-refractivity contribution in [2.45, 2.75) is 38.1 Å². The third-order valence-corrected chi connectivity index (χ3v) is 4.45. The molecule has 0 spiro atoms. The molecule has 118 valence electrons. The van der Waals surface area contributed by atoms with Crippen molar-refractivity contribution in [1.29, 1.82) is 0 Å². The van der Waals surface area contributed by atoms with E-state index in [1.54, 1.807) is 13.0 Å². The average Bonchev–Trinajstić information content (AvgIpc) is 2.36. The lowest BCUT2D eigenvalue weighted by Gasteiger charge is -2.17. The molecule has 1 aromatic carbocycles. The zero-order chi connectivity index (χ0) is 16.2. The fourth-order valence-electron chi connectivity index (χ4n) is 1.94. The Morgan fingerprint density at radius 3 is 2.43 bits per heavy atom. The Bertz CT molecular complexity index is 610. The fraction of sp³-hybridized carbons (Fsp3) is 0.500. The molecular weight excluding hydrogens is 294 g/mol. The summed E-state index contributed by atoms with van der Waals surface area (Å²) in [6, 6.07) is 3.25. The van der Waals surface area contributed by atoms with E-state index in [9.17, 15) is 13.2 Å². The Morgan fingerprint density at radius 2 is 2.00 bits per heavy atom. The Kier molecular flexibility index (Phi) is 5.74. The van der Waals surface area contributed by atoms with Gasteiger partial charge in [-0.1, -0.05) is 13.8 Å². The Labute approximate surface area is 125 Å². The zero-order valence-corrected chi connectivity index (χ0v) is 13.4. The van der Waals surface area contributed by atoms with Crippen LogP contribution in [0.2, 0.25) is 0 Å². The van der Waals surface area contributed by atoms with Crippen LogP contribution in [-0.2, 0) is 14.8 Å². The van der Waals surface area contributed by atoms with Gasteiger partial charge in [-0.25, -0.2) is 8.42 Å². The molecule has 7 heteroatoms. The van der Waals surface area contributed by atoms with Crippen LogP contribution in [0.3, 0.4) is 0 Å². The van der Waals surface area contributed by atoms with Gasteiger partial charge in [0, 0.05) is 0 Å². The molecule has 1 rings (SSSR count). The fourth-order valence-corrected chi connectivity index (χ4v) is 3.23. The molecule has 0 heterocycles. The molecule has 0 unspecified atom stereocenters. The number of hydrogen-bond acceptors (Lipinski definition) is 4. The highest BCUT2D eigenvalue weighted by Crippen LogP contribution is 2.21. The molecule has 1 aromatic rings. The molecule has 0 aliphatic rings. The van der Waals surface area contributed by atoms with Gasteiger partial charge in [-0.2, -0.15) is 4.72 Å². The second-order valence-electron chi connectivity index (χ2n) is 5.27. The standard InChI is InChI=1S/C14H21NO5S/c1-9(2)7-12(14(16)17)15-21(18,19)11-5-6-13(20-4)10(3)8-11/h5-6,8-9,12,15H,7H2,1-4H3,(H,16,17)/t12-/m1/s1. The van der Waals surface area contributed by atoms with E-state index < -0.39 is 22.0 Å². The lowest BCUT2D eigenvalue weighted by Crippen LogP contribution is -2.41. The largest absolute Gasteiger partial charge is 0.496 e. The molecular formula is C14H21NO5S. The molecule has 0 amide bonds. The van der Waals surface area contributed by atoms with Gasteiger partial charge in [-0.15, -0.1) is 0 Å². The number of benzene rings is 1. The number of carboxylic acids is 1. The van der Waals surface area contributed by atoms with E-state index in [4.69, 9.17) is 9.84 Å². The lowest BCUT2D eigenvalue weighted by atomic mass is 10.1. The molecule has 2 N–H and O–H groups in total. The number of carbonyl (C=O) groups is 1. The van der Waals surface area contributed by atoms with Crippen LogP contribution in [0.1, 0.15) is 25.8 Å². The second-order valence-corrected chi connectivity index (χ2v) is 6.99. The van der Waals surface area contributed by atoms with Gasteiger partial charge < -0.3 is 9.84 Å². The van der Waals surface area contributed by atoms with Crippen LogP contribution < -0.4 is 9.46 Å². The van der Waals surface area contributed by atoms with Crippen LogP contribution in [0.5, 0.6) is 5.75 Å². The molecule has 0 radical (unpaired) electrons. The number of methoxy groups -OCH3 is 1. The first-order valence-electron chi connectivity index (χ1n) is 6.57. The van der Waals surface area contributed by atoms with Crippen molar-refractivity contribution < 1.29 is 23.1 Å². The van der Waals surface area contributed by atoms with Crippen LogP contribution in [0.15, 0.2) is 23.1 Å². The number of sulfonamides is 1. The predicted octanol–water partition coefficient (Wildman–Crippen LogP) is 1.78. The Balaban J connectivity index is 3.04. The topological polar surface area (TPSA) is 92.7 Å². The number of aliphatic carboxylic acids is 1. The van der Waals surface area contributed by atoms with Gasteiger partial charge in [-0.05, 0) is 43.0 Å². The molecule has 1 atom stereocenters. The quantitative estimate of drug-likeness (QED) is 0.800. The molecule has 0 saturated heterocycles. The lowest BCUT2D eigenvalue weighted by molar-refractivity contribution is -0.139. The van der Waals surface area contributed by atoms with Crippen LogP contribution in [0, 0.1) is 12.8 Å². The predicted molar refractivity (Wildman–Crippen MR) is 78.9 cm³/mol. The SMILES string of the molecule is COc1ccc(S(=O)(=O)N[C@H](CC(C)C)C(=O)O)cc1C. The molecule has 0 aromatic heterocycles. The molecule has 21 heavy (non-hydrogen) atoms. The third-order valence-electron chi connectivity index (χ3n) is 2.98. The average molecular weight is 315 g/mol. The summed E-state index contributed by atoms with van der Waals surface area (Å²) >= 11 is 0. The van der Waals surface area contributed by atoms with Gasteiger partial charge in [0.25, 0.3) is 0 Å². The van der Waals surface area contributed by atoms with Crippen LogP contribution >= 0.6 is 0 Å². The maximum atomic E-state index is 12.3. The van der Waals surface area contributed by atoms with E-state index in [1.807, 2.05) is 13.8 Å². The van der Waals surface area contributed by atoms with E-state index in [-0.39, 0.29) is 17.2 Å². The summed E-state index contributed by atoms with van der Waals surface area (Å²) in [4.78, 5) is 11.2. The second kappa shape index (κ2) is 6.91. The number of rotatable bonds is 7. The number of carboxylic acid groups (broad SMARTS) is 1. The normalized spacial score (nSPS) is 13.2. The highest BCUT2D eigenvalue weighted by atomic mass is 32.2. The van der Waals surface area contributed by atoms with Gasteiger partial charge in [0.15, 0.2) is 0 Å². The van der Waals surface area contributed by atoms with Crippen molar-refractivity contribution in [3.05, 3.63) is 23.8 Å². The van der Waals surface area contributed by atoms with Crippen molar-refractivity contribution >= 4 is 16.0 Å².